The molecular formula is C61H40N2O. The van der Waals surface area contributed by atoms with Gasteiger partial charge in [-0.2, -0.15) is 0 Å². The van der Waals surface area contributed by atoms with Gasteiger partial charge in [0.25, 0.3) is 0 Å². The van der Waals surface area contributed by atoms with Crippen molar-refractivity contribution in [2.45, 2.75) is 5.41 Å². The first-order chi connectivity index (χ1) is 31.8. The number of aromatic nitrogens is 1. The Balaban J connectivity index is 1.09. The second-order valence-electron chi connectivity index (χ2n) is 16.8. The molecule has 3 heteroatoms. The Kier molecular flexibility index (Phi) is 8.13. The van der Waals surface area contributed by atoms with Crippen molar-refractivity contribution >= 4 is 60.8 Å². The number of fused-ring (bicyclic) bond motifs is 10. The number of rotatable bonds is 7. The molecule has 300 valence electrons. The van der Waals surface area contributed by atoms with E-state index in [4.69, 9.17) is 4.42 Å². The lowest BCUT2D eigenvalue weighted by Crippen LogP contribution is -2.28. The molecule has 0 unspecified atom stereocenters. The number of nitrogens with zero attached hydrogens (tertiary/aromatic N) is 2. The van der Waals surface area contributed by atoms with E-state index < -0.39 is 5.41 Å². The summed E-state index contributed by atoms with van der Waals surface area (Å²) in [6.45, 7) is 0. The van der Waals surface area contributed by atoms with Crippen LogP contribution in [-0.4, -0.2) is 4.57 Å². The third-order valence-electron chi connectivity index (χ3n) is 13.5. The Morgan fingerprint density at radius 1 is 0.375 bits per heavy atom. The second-order valence-corrected chi connectivity index (χ2v) is 16.8. The molecule has 12 aromatic rings. The van der Waals surface area contributed by atoms with E-state index in [1.807, 2.05) is 6.07 Å². The van der Waals surface area contributed by atoms with Crippen LogP contribution >= 0.6 is 0 Å². The van der Waals surface area contributed by atoms with E-state index in [1.54, 1.807) is 0 Å². The van der Waals surface area contributed by atoms with Gasteiger partial charge in [-0.15, -0.1) is 0 Å². The van der Waals surface area contributed by atoms with E-state index in [0.717, 1.165) is 66.5 Å². The first-order valence-corrected chi connectivity index (χ1v) is 22.0. The van der Waals surface area contributed by atoms with Gasteiger partial charge >= 0.3 is 0 Å². The minimum Gasteiger partial charge on any atom is -0.455 e. The molecule has 0 saturated heterocycles. The van der Waals surface area contributed by atoms with Gasteiger partial charge in [0.2, 0.25) is 0 Å². The fourth-order valence-electron chi connectivity index (χ4n) is 10.7. The summed E-state index contributed by atoms with van der Waals surface area (Å²) in [4.78, 5) is 2.43. The van der Waals surface area contributed by atoms with Crippen molar-refractivity contribution in [3.8, 4) is 27.9 Å². The molecule has 0 radical (unpaired) electrons. The molecular weight excluding hydrogens is 777 g/mol. The van der Waals surface area contributed by atoms with E-state index in [1.165, 1.54) is 44.5 Å². The summed E-state index contributed by atoms with van der Waals surface area (Å²) in [5, 5.41) is 4.47. The summed E-state index contributed by atoms with van der Waals surface area (Å²) in [6.07, 6.45) is 0. The van der Waals surface area contributed by atoms with E-state index in [0.29, 0.717) is 0 Å². The van der Waals surface area contributed by atoms with Gasteiger partial charge in [0.05, 0.1) is 21.8 Å². The van der Waals surface area contributed by atoms with E-state index in [9.17, 15) is 0 Å². The SMILES string of the molecule is c1ccc(-c2ccc(N(c3ccc4c(c3)C(c3ccccc3)(c3ccccc3)c3ccccc3-4)c3ccc4c(c3)c3c5oc6ccccc6c5ccc3n4-c3ccccc3)cc2)cc1. The summed E-state index contributed by atoms with van der Waals surface area (Å²) >= 11 is 0. The molecule has 0 N–H and O–H groups in total. The van der Waals surface area contributed by atoms with Crippen molar-refractivity contribution in [3.63, 3.8) is 0 Å². The Bertz CT molecular complexity index is 3660. The van der Waals surface area contributed by atoms with Crippen molar-refractivity contribution in [2.24, 2.45) is 0 Å². The van der Waals surface area contributed by atoms with Gasteiger partial charge in [-0.05, 0) is 117 Å². The maximum atomic E-state index is 6.81. The molecule has 1 aliphatic rings. The lowest BCUT2D eigenvalue weighted by Gasteiger charge is -2.35. The van der Waals surface area contributed by atoms with E-state index >= 15 is 0 Å². The monoisotopic (exact) mass is 816 g/mol. The molecule has 1 aliphatic carbocycles. The molecule has 0 amide bonds. The largest absolute Gasteiger partial charge is 0.455 e. The minimum atomic E-state index is -0.534. The Labute approximate surface area is 371 Å². The topological polar surface area (TPSA) is 21.3 Å². The third kappa shape index (κ3) is 5.34. The minimum absolute atomic E-state index is 0.534. The average molecular weight is 817 g/mol. The van der Waals surface area contributed by atoms with Crippen LogP contribution in [0.2, 0.25) is 0 Å². The van der Waals surface area contributed by atoms with Crippen LogP contribution < -0.4 is 4.90 Å². The number of hydrogen-bond donors (Lipinski definition) is 0. The highest BCUT2D eigenvalue weighted by molar-refractivity contribution is 6.24. The normalized spacial score (nSPS) is 12.8. The predicted octanol–water partition coefficient (Wildman–Crippen LogP) is 16.2. The van der Waals surface area contributed by atoms with Gasteiger partial charge in [-0.25, -0.2) is 0 Å². The summed E-state index contributed by atoms with van der Waals surface area (Å²) in [7, 11) is 0. The first-order valence-electron chi connectivity index (χ1n) is 22.0. The Hall–Kier alpha value is -8.40. The molecule has 0 spiro atoms. The van der Waals surface area contributed by atoms with Gasteiger partial charge in [0.15, 0.2) is 0 Å². The third-order valence-corrected chi connectivity index (χ3v) is 13.5. The Morgan fingerprint density at radius 3 is 1.69 bits per heavy atom. The molecule has 3 nitrogen and oxygen atoms in total. The summed E-state index contributed by atoms with van der Waals surface area (Å²) in [6, 6.07) is 88.3. The molecule has 0 saturated carbocycles. The maximum absolute atomic E-state index is 6.81. The van der Waals surface area contributed by atoms with Gasteiger partial charge in [-0.3, -0.25) is 0 Å². The predicted molar refractivity (Wildman–Crippen MR) is 265 cm³/mol. The van der Waals surface area contributed by atoms with Crippen LogP contribution in [0.15, 0.2) is 247 Å². The fourth-order valence-corrected chi connectivity index (χ4v) is 10.7. The second kappa shape index (κ2) is 14.3. The number of benzene rings is 10. The average Bonchev–Trinajstić information content (AvgIpc) is 4.01. The summed E-state index contributed by atoms with van der Waals surface area (Å²) in [5.74, 6) is 0. The maximum Gasteiger partial charge on any atom is 0.145 e. The zero-order valence-electron chi connectivity index (χ0n) is 34.9. The lowest BCUT2D eigenvalue weighted by atomic mass is 9.67. The molecule has 2 heterocycles. The van der Waals surface area contributed by atoms with Crippen LogP contribution in [0.4, 0.5) is 17.1 Å². The molecule has 0 atom stereocenters. The number of furan rings is 1. The van der Waals surface area contributed by atoms with Crippen molar-refractivity contribution < 1.29 is 4.42 Å². The van der Waals surface area contributed by atoms with E-state index in [-0.39, 0.29) is 0 Å². The van der Waals surface area contributed by atoms with Crippen LogP contribution in [0.3, 0.4) is 0 Å². The Morgan fingerprint density at radius 2 is 0.938 bits per heavy atom. The van der Waals surface area contributed by atoms with Crippen molar-refractivity contribution in [3.05, 3.63) is 265 Å². The summed E-state index contributed by atoms with van der Waals surface area (Å²) < 4.78 is 9.18. The molecule has 0 aliphatic heterocycles. The zero-order chi connectivity index (χ0) is 42.2. The highest BCUT2D eigenvalue weighted by Gasteiger charge is 2.46. The summed E-state index contributed by atoms with van der Waals surface area (Å²) in [5.41, 5.74) is 17.7. The quantitative estimate of drug-likeness (QED) is 0.160. The number of hydrogen-bond acceptors (Lipinski definition) is 2. The van der Waals surface area contributed by atoms with Crippen LogP contribution in [-0.2, 0) is 5.41 Å². The van der Waals surface area contributed by atoms with Crippen LogP contribution in [0.1, 0.15) is 22.3 Å². The molecule has 10 aromatic carbocycles. The number of para-hydroxylation sites is 2. The number of anilines is 3. The van der Waals surface area contributed by atoms with Crippen molar-refractivity contribution in [1.29, 1.82) is 0 Å². The van der Waals surface area contributed by atoms with Gasteiger partial charge in [0, 0.05) is 38.9 Å². The van der Waals surface area contributed by atoms with Crippen LogP contribution in [0, 0.1) is 0 Å². The highest BCUT2D eigenvalue weighted by atomic mass is 16.3. The van der Waals surface area contributed by atoms with Gasteiger partial charge < -0.3 is 13.9 Å². The standard InChI is InChI=1S/C61H40N2O/c1-5-17-41(18-6-1)42-29-31-46(32-30-42)62(48-33-35-50-49-25-13-15-27-54(49)61(55(50)40-48,43-19-7-2-8-20-43)44-21-9-3-10-22-44)47-34-37-56-53(39-47)59-57(63(56)45-23-11-4-12-24-45)38-36-52-51-26-14-16-28-58(51)64-60(52)59/h1-40H. The molecule has 2 aromatic heterocycles. The smallest absolute Gasteiger partial charge is 0.145 e. The lowest BCUT2D eigenvalue weighted by molar-refractivity contribution is 0.673. The molecule has 13 rings (SSSR count). The fraction of sp³-hybridized carbons (Fsp3) is 0.0164. The van der Waals surface area contributed by atoms with E-state index in [2.05, 4.69) is 246 Å². The molecule has 64 heavy (non-hydrogen) atoms. The molecule has 0 bridgehead atoms. The molecule has 0 fully saturated rings. The zero-order valence-corrected chi connectivity index (χ0v) is 34.9. The van der Waals surface area contributed by atoms with Crippen molar-refractivity contribution in [1.82, 2.24) is 4.57 Å². The van der Waals surface area contributed by atoms with Gasteiger partial charge in [-0.1, -0.05) is 170 Å². The van der Waals surface area contributed by atoms with Crippen molar-refractivity contribution in [2.75, 3.05) is 4.90 Å². The highest BCUT2D eigenvalue weighted by Crippen LogP contribution is 2.57. The van der Waals surface area contributed by atoms with Crippen LogP contribution in [0.5, 0.6) is 0 Å². The van der Waals surface area contributed by atoms with Crippen LogP contribution in [0.25, 0.3) is 71.7 Å². The first kappa shape index (κ1) is 36.3. The van der Waals surface area contributed by atoms with Gasteiger partial charge in [0.1, 0.15) is 11.2 Å².